The summed E-state index contributed by atoms with van der Waals surface area (Å²) < 4.78 is 30.1. The van der Waals surface area contributed by atoms with Gasteiger partial charge in [0.2, 0.25) is 0 Å². The number of rotatable bonds is 2. The van der Waals surface area contributed by atoms with Crippen LogP contribution in [-0.4, -0.2) is 62.2 Å². The fourth-order valence-electron chi connectivity index (χ4n) is 5.32. The van der Waals surface area contributed by atoms with Crippen LogP contribution in [0.5, 0.6) is 5.75 Å². The molecule has 1 unspecified atom stereocenters. The minimum absolute atomic E-state index is 0.157. The number of benzene rings is 1. The van der Waals surface area contributed by atoms with E-state index >= 15 is 0 Å². The zero-order valence-electron chi connectivity index (χ0n) is 22.4. The molecule has 1 aromatic carbocycles. The van der Waals surface area contributed by atoms with Crippen molar-refractivity contribution in [3.05, 3.63) is 58.9 Å². The van der Waals surface area contributed by atoms with E-state index in [1.807, 2.05) is 29.8 Å². The van der Waals surface area contributed by atoms with Gasteiger partial charge in [-0.1, -0.05) is 6.92 Å². The zero-order valence-corrected chi connectivity index (χ0v) is 22.4. The van der Waals surface area contributed by atoms with Crippen LogP contribution >= 0.6 is 0 Å². The molecule has 2 aliphatic heterocycles. The third-order valence-corrected chi connectivity index (χ3v) is 7.40. The van der Waals surface area contributed by atoms with Gasteiger partial charge < -0.3 is 14.4 Å². The van der Waals surface area contributed by atoms with E-state index < -0.39 is 0 Å². The molecule has 39 heavy (non-hydrogen) atoms. The highest BCUT2D eigenvalue weighted by atomic mass is 19.1. The monoisotopic (exact) mass is 530 g/mol. The van der Waals surface area contributed by atoms with Crippen LogP contribution in [-0.2, 0) is 18.2 Å². The largest absolute Gasteiger partial charge is 0.491 e. The maximum absolute atomic E-state index is 14.4. The van der Waals surface area contributed by atoms with E-state index in [0.717, 1.165) is 41.4 Å². The first-order valence-corrected chi connectivity index (χ1v) is 13.4. The van der Waals surface area contributed by atoms with E-state index in [0.29, 0.717) is 48.0 Å². The Bertz CT molecular complexity index is 1580. The Hall–Kier alpha value is -4.05. The molecule has 10 heteroatoms. The highest BCUT2D eigenvalue weighted by Gasteiger charge is 2.25. The number of nitrogens with zero attached hydrogens (tertiary/aromatic N) is 6. The number of carbonyl (C=O) groups excluding carboxylic acids is 1. The summed E-state index contributed by atoms with van der Waals surface area (Å²) in [4.78, 5) is 19.9. The van der Waals surface area contributed by atoms with Crippen LogP contribution < -0.4 is 4.74 Å². The van der Waals surface area contributed by atoms with Crippen molar-refractivity contribution in [2.75, 3.05) is 26.8 Å². The summed E-state index contributed by atoms with van der Waals surface area (Å²) in [5, 5.41) is 10.4. The van der Waals surface area contributed by atoms with Gasteiger partial charge in [-0.25, -0.2) is 9.07 Å². The number of hydrogen-bond acceptors (Lipinski definition) is 6. The number of amides is 1. The topological polar surface area (TPSA) is 87.3 Å². The maximum atomic E-state index is 14.4. The van der Waals surface area contributed by atoms with E-state index in [9.17, 15) is 9.18 Å². The molecule has 202 valence electrons. The molecule has 2 aliphatic rings. The summed E-state index contributed by atoms with van der Waals surface area (Å²) in [7, 11) is 3.52. The van der Waals surface area contributed by atoms with Crippen LogP contribution in [0.15, 0.2) is 30.5 Å². The average molecular weight is 531 g/mol. The van der Waals surface area contributed by atoms with Crippen molar-refractivity contribution in [3.8, 4) is 17.0 Å². The summed E-state index contributed by atoms with van der Waals surface area (Å²) in [6.07, 6.45) is 9.03. The number of aryl methyl sites for hydroxylation is 2. The number of carbonyl (C=O) groups is 1. The smallest absolute Gasteiger partial charge is 0.272 e. The van der Waals surface area contributed by atoms with Gasteiger partial charge in [0, 0.05) is 37.2 Å². The van der Waals surface area contributed by atoms with Crippen molar-refractivity contribution >= 4 is 29.0 Å². The quantitative estimate of drug-likeness (QED) is 0.368. The molecule has 0 saturated carbocycles. The zero-order chi connectivity index (χ0) is 27.1. The standard InChI is InChI=1S/C29H31FN6O3/c1-4-22-19-9-10-23-20-16-24(31-17-25(20)36(33-23)27-7-5-6-13-39-27)21-15-18(30)8-11-26(21)38-14-12-34(2)29(37)28(19)35(3)32-22/h8-11,15-17,27H,4-7,12-14H2,1-3H3/b10-9+. The lowest BCUT2D eigenvalue weighted by molar-refractivity contribution is -0.0367. The Morgan fingerprint density at radius 3 is 2.77 bits per heavy atom. The number of pyridine rings is 1. The molecule has 1 atom stereocenters. The number of hydrogen-bond donors (Lipinski definition) is 0. The van der Waals surface area contributed by atoms with Gasteiger partial charge in [0.1, 0.15) is 23.9 Å². The van der Waals surface area contributed by atoms with Crippen LogP contribution in [0.2, 0.25) is 0 Å². The summed E-state index contributed by atoms with van der Waals surface area (Å²) in [5.41, 5.74) is 4.74. The molecule has 0 aliphatic carbocycles. The van der Waals surface area contributed by atoms with Crippen LogP contribution in [0.1, 0.15) is 59.9 Å². The van der Waals surface area contributed by atoms with Crippen LogP contribution in [0.3, 0.4) is 0 Å². The van der Waals surface area contributed by atoms with Gasteiger partial charge in [-0.05, 0) is 62.1 Å². The molecule has 5 heterocycles. The summed E-state index contributed by atoms with van der Waals surface area (Å²) in [5.74, 6) is -0.0462. The fraction of sp³-hybridized carbons (Fsp3) is 0.379. The van der Waals surface area contributed by atoms with Gasteiger partial charge in [-0.2, -0.15) is 10.2 Å². The van der Waals surface area contributed by atoms with Gasteiger partial charge in [0.25, 0.3) is 5.91 Å². The van der Waals surface area contributed by atoms with Gasteiger partial charge in [0.05, 0.1) is 35.3 Å². The second kappa shape index (κ2) is 10.3. The van der Waals surface area contributed by atoms with E-state index in [-0.39, 0.29) is 24.6 Å². The molecule has 2 bridgehead atoms. The lowest BCUT2D eigenvalue weighted by Crippen LogP contribution is -2.32. The predicted octanol–water partition coefficient (Wildman–Crippen LogP) is 4.87. The van der Waals surface area contributed by atoms with Crippen molar-refractivity contribution in [2.45, 2.75) is 38.8 Å². The first kappa shape index (κ1) is 25.2. The Morgan fingerprint density at radius 1 is 1.10 bits per heavy atom. The van der Waals surface area contributed by atoms with E-state index in [1.165, 1.54) is 12.1 Å². The molecule has 1 fully saturated rings. The van der Waals surface area contributed by atoms with Crippen LogP contribution in [0.25, 0.3) is 34.3 Å². The predicted molar refractivity (Wildman–Crippen MR) is 146 cm³/mol. The normalized spacial score (nSPS) is 18.8. The van der Waals surface area contributed by atoms with Crippen molar-refractivity contribution in [2.24, 2.45) is 7.05 Å². The summed E-state index contributed by atoms with van der Waals surface area (Å²) in [6.45, 7) is 3.27. The molecule has 0 spiro atoms. The van der Waals surface area contributed by atoms with E-state index in [2.05, 4.69) is 5.10 Å². The SMILES string of the molecule is CCc1nn(C)c2c1/C=C/c1nn(C3CCCCO3)c3cnc(cc13)-c1cc(F)ccc1OCCN(C)C2=O. The Kier molecular flexibility index (Phi) is 6.64. The highest BCUT2D eigenvalue weighted by molar-refractivity contribution is 5.99. The van der Waals surface area contributed by atoms with Gasteiger partial charge in [0.15, 0.2) is 6.23 Å². The second-order valence-corrected chi connectivity index (χ2v) is 9.97. The molecular weight excluding hydrogens is 499 g/mol. The third-order valence-electron chi connectivity index (χ3n) is 7.40. The first-order valence-electron chi connectivity index (χ1n) is 13.4. The fourth-order valence-corrected chi connectivity index (χ4v) is 5.32. The Labute approximate surface area is 225 Å². The molecule has 3 aromatic heterocycles. The summed E-state index contributed by atoms with van der Waals surface area (Å²) in [6, 6.07) is 6.31. The number of fused-ring (bicyclic) bond motifs is 4. The molecule has 0 N–H and O–H groups in total. The van der Waals surface area contributed by atoms with Gasteiger partial charge >= 0.3 is 0 Å². The van der Waals surface area contributed by atoms with Crippen LogP contribution in [0, 0.1) is 5.82 Å². The molecular formula is C29H31FN6O3. The molecule has 1 saturated heterocycles. The highest BCUT2D eigenvalue weighted by Crippen LogP contribution is 2.35. The molecule has 4 aromatic rings. The van der Waals surface area contributed by atoms with Crippen molar-refractivity contribution in [3.63, 3.8) is 0 Å². The molecule has 0 radical (unpaired) electrons. The first-order chi connectivity index (χ1) is 18.9. The second-order valence-electron chi connectivity index (χ2n) is 9.97. The molecule has 9 nitrogen and oxygen atoms in total. The minimum atomic E-state index is -0.383. The number of ether oxygens (including phenoxy) is 2. The lowest BCUT2D eigenvalue weighted by Gasteiger charge is -2.23. The molecule has 6 rings (SSSR count). The summed E-state index contributed by atoms with van der Waals surface area (Å²) >= 11 is 0. The number of halogens is 1. The average Bonchev–Trinajstić information content (AvgIpc) is 3.48. The van der Waals surface area contributed by atoms with Crippen molar-refractivity contribution < 1.29 is 18.7 Å². The Balaban J connectivity index is 1.58. The number of likely N-dealkylation sites (N-methyl/N-ethyl adjacent to an activating group) is 1. The minimum Gasteiger partial charge on any atom is -0.491 e. The molecule has 1 amide bonds. The van der Waals surface area contributed by atoms with E-state index in [1.54, 1.807) is 35.9 Å². The Morgan fingerprint density at radius 2 is 1.97 bits per heavy atom. The maximum Gasteiger partial charge on any atom is 0.272 e. The van der Waals surface area contributed by atoms with E-state index in [4.69, 9.17) is 19.6 Å². The van der Waals surface area contributed by atoms with Gasteiger partial charge in [-0.3, -0.25) is 14.5 Å². The third kappa shape index (κ3) is 4.58. The van der Waals surface area contributed by atoms with Crippen LogP contribution in [0.4, 0.5) is 4.39 Å². The van der Waals surface area contributed by atoms with Crippen molar-refractivity contribution in [1.29, 1.82) is 0 Å². The van der Waals surface area contributed by atoms with Gasteiger partial charge in [-0.15, -0.1) is 0 Å². The number of aromatic nitrogens is 5. The lowest BCUT2D eigenvalue weighted by atomic mass is 10.1. The van der Waals surface area contributed by atoms with Crippen molar-refractivity contribution in [1.82, 2.24) is 29.4 Å².